The van der Waals surface area contributed by atoms with Crippen LogP contribution >= 0.6 is 15.9 Å². The molecule has 5 nitrogen and oxygen atoms in total. The summed E-state index contributed by atoms with van der Waals surface area (Å²) in [4.78, 5) is 21.5. The predicted octanol–water partition coefficient (Wildman–Crippen LogP) is 0.446. The quantitative estimate of drug-likeness (QED) is 0.756. The number of rotatable bonds is 2. The van der Waals surface area contributed by atoms with Gasteiger partial charge in [-0.1, -0.05) is 0 Å². The lowest BCUT2D eigenvalue weighted by Crippen LogP contribution is -2.05. The van der Waals surface area contributed by atoms with Crippen molar-refractivity contribution in [2.75, 3.05) is 7.11 Å². The highest BCUT2D eigenvalue weighted by Crippen LogP contribution is 2.11. The number of methoxy groups -OCH3 is 1. The zero-order valence-electron chi connectivity index (χ0n) is 6.22. The predicted molar refractivity (Wildman–Crippen MR) is 42.7 cm³/mol. The lowest BCUT2D eigenvalue weighted by atomic mass is 10.3. The molecule has 1 N–H and O–H groups in total. The maximum absolute atomic E-state index is 10.8. The van der Waals surface area contributed by atoms with Crippen LogP contribution in [0.5, 0.6) is 0 Å². The van der Waals surface area contributed by atoms with Gasteiger partial charge >= 0.3 is 5.97 Å². The molecule has 0 aliphatic heterocycles. The molecule has 0 bridgehead atoms. The van der Waals surface area contributed by atoms with Crippen molar-refractivity contribution in [2.45, 2.75) is 6.42 Å². The molecule has 0 atom stereocenters. The monoisotopic (exact) mass is 235 g/mol. The molecule has 6 heteroatoms. The SMILES string of the molecule is COC(=O)Cc1o[nH]c(=O)c1Br. The van der Waals surface area contributed by atoms with Crippen LogP contribution in [0.2, 0.25) is 0 Å². The van der Waals surface area contributed by atoms with Crippen molar-refractivity contribution < 1.29 is 14.1 Å². The van der Waals surface area contributed by atoms with Crippen molar-refractivity contribution in [3.8, 4) is 0 Å². The van der Waals surface area contributed by atoms with E-state index in [4.69, 9.17) is 0 Å². The average Bonchev–Trinajstić information content (AvgIpc) is 2.36. The topological polar surface area (TPSA) is 72.3 Å². The maximum Gasteiger partial charge on any atom is 0.313 e. The molecule has 0 fully saturated rings. The second-order valence-electron chi connectivity index (χ2n) is 2.02. The maximum atomic E-state index is 10.8. The lowest BCUT2D eigenvalue weighted by molar-refractivity contribution is -0.140. The number of hydrogen-bond acceptors (Lipinski definition) is 4. The van der Waals surface area contributed by atoms with E-state index in [0.717, 1.165) is 0 Å². The highest BCUT2D eigenvalue weighted by atomic mass is 79.9. The van der Waals surface area contributed by atoms with Crippen LogP contribution in [-0.4, -0.2) is 18.2 Å². The number of H-pyrrole nitrogens is 1. The van der Waals surface area contributed by atoms with E-state index in [1.165, 1.54) is 7.11 Å². The first kappa shape index (κ1) is 9.05. The Balaban J connectivity index is 2.83. The molecular weight excluding hydrogens is 230 g/mol. The number of ether oxygens (including phenoxy) is 1. The molecule has 66 valence electrons. The van der Waals surface area contributed by atoms with Crippen molar-refractivity contribution >= 4 is 21.9 Å². The molecule has 1 aromatic rings. The molecule has 0 radical (unpaired) electrons. The fraction of sp³-hybridized carbons (Fsp3) is 0.333. The Morgan fingerprint density at radius 3 is 2.83 bits per heavy atom. The molecule has 0 unspecified atom stereocenters. The molecule has 0 aliphatic carbocycles. The normalized spacial score (nSPS) is 9.83. The third-order valence-corrected chi connectivity index (χ3v) is 2.05. The van der Waals surface area contributed by atoms with Crippen LogP contribution in [0.15, 0.2) is 13.8 Å². The lowest BCUT2D eigenvalue weighted by Gasteiger charge is -1.93. The number of esters is 1. The van der Waals surface area contributed by atoms with Gasteiger partial charge in [-0.25, -0.2) is 0 Å². The summed E-state index contributed by atoms with van der Waals surface area (Å²) in [7, 11) is 1.26. The minimum Gasteiger partial charge on any atom is -0.469 e. The van der Waals surface area contributed by atoms with E-state index >= 15 is 0 Å². The van der Waals surface area contributed by atoms with Crippen molar-refractivity contribution in [1.82, 2.24) is 5.16 Å². The molecule has 1 aromatic heterocycles. The van der Waals surface area contributed by atoms with Gasteiger partial charge in [-0.15, -0.1) is 0 Å². The number of aromatic amines is 1. The molecule has 0 saturated heterocycles. The first-order valence-electron chi connectivity index (χ1n) is 3.07. The Kier molecular flexibility index (Phi) is 2.69. The minimum absolute atomic E-state index is 0.0597. The van der Waals surface area contributed by atoms with Gasteiger partial charge in [0.15, 0.2) is 5.76 Å². The van der Waals surface area contributed by atoms with Gasteiger partial charge in [0.2, 0.25) is 0 Å². The second-order valence-corrected chi connectivity index (χ2v) is 2.82. The van der Waals surface area contributed by atoms with Crippen LogP contribution in [0.1, 0.15) is 5.76 Å². The van der Waals surface area contributed by atoms with Crippen LogP contribution in [0.3, 0.4) is 0 Å². The summed E-state index contributed by atoms with van der Waals surface area (Å²) < 4.78 is 9.29. The minimum atomic E-state index is -0.460. The summed E-state index contributed by atoms with van der Waals surface area (Å²) in [6, 6.07) is 0. The summed E-state index contributed by atoms with van der Waals surface area (Å²) >= 11 is 2.96. The van der Waals surface area contributed by atoms with Gasteiger partial charge in [0, 0.05) is 0 Å². The summed E-state index contributed by atoms with van der Waals surface area (Å²) in [5, 5.41) is 2.08. The van der Waals surface area contributed by atoms with Crippen molar-refractivity contribution in [3.63, 3.8) is 0 Å². The Morgan fingerprint density at radius 1 is 1.75 bits per heavy atom. The number of hydrogen-bond donors (Lipinski definition) is 1. The second kappa shape index (κ2) is 3.57. The van der Waals surface area contributed by atoms with Crippen LogP contribution in [0, 0.1) is 0 Å². The van der Waals surface area contributed by atoms with E-state index in [2.05, 4.69) is 30.3 Å². The van der Waals surface area contributed by atoms with E-state index in [1.807, 2.05) is 0 Å². The van der Waals surface area contributed by atoms with Crippen LogP contribution in [0.4, 0.5) is 0 Å². The standard InChI is InChI=1S/C6H6BrNO4/c1-11-4(9)2-3-5(7)6(10)8-12-3/h2H2,1H3,(H,8,10). The molecule has 12 heavy (non-hydrogen) atoms. The van der Waals surface area contributed by atoms with Gasteiger partial charge in [0.25, 0.3) is 5.56 Å². The number of nitrogens with one attached hydrogen (secondary N) is 1. The van der Waals surface area contributed by atoms with Crippen molar-refractivity contribution in [2.24, 2.45) is 0 Å². The first-order valence-corrected chi connectivity index (χ1v) is 3.87. The molecule has 1 heterocycles. The number of aromatic nitrogens is 1. The first-order chi connectivity index (χ1) is 5.65. The van der Waals surface area contributed by atoms with Crippen LogP contribution in [-0.2, 0) is 16.0 Å². The van der Waals surface area contributed by atoms with Crippen molar-refractivity contribution in [1.29, 1.82) is 0 Å². The van der Waals surface area contributed by atoms with Crippen LogP contribution < -0.4 is 5.56 Å². The summed E-state index contributed by atoms with van der Waals surface area (Å²) in [6.45, 7) is 0. The Labute approximate surface area is 75.8 Å². The van der Waals surface area contributed by atoms with Gasteiger partial charge in [-0.3, -0.25) is 9.59 Å². The van der Waals surface area contributed by atoms with Crippen LogP contribution in [0.25, 0.3) is 0 Å². The molecule has 0 amide bonds. The Morgan fingerprint density at radius 2 is 2.42 bits per heavy atom. The molecule has 0 saturated carbocycles. The Hall–Kier alpha value is -1.04. The van der Waals surface area contributed by atoms with E-state index in [-0.39, 0.29) is 16.7 Å². The molecule has 0 spiro atoms. The highest BCUT2D eigenvalue weighted by Gasteiger charge is 2.13. The van der Waals surface area contributed by atoms with E-state index < -0.39 is 11.5 Å². The Bertz CT molecular complexity index is 340. The summed E-state index contributed by atoms with van der Waals surface area (Å²) in [5.41, 5.74) is -0.395. The van der Waals surface area contributed by atoms with Gasteiger partial charge in [0.1, 0.15) is 10.9 Å². The van der Waals surface area contributed by atoms with E-state index in [1.54, 1.807) is 0 Å². The van der Waals surface area contributed by atoms with E-state index in [9.17, 15) is 9.59 Å². The fourth-order valence-electron chi connectivity index (χ4n) is 0.641. The highest BCUT2D eigenvalue weighted by molar-refractivity contribution is 9.10. The number of carbonyl (C=O) groups is 1. The number of carbonyl (C=O) groups excluding carboxylic acids is 1. The van der Waals surface area contributed by atoms with Gasteiger partial charge in [-0.2, -0.15) is 5.16 Å². The molecule has 0 aliphatic rings. The zero-order valence-corrected chi connectivity index (χ0v) is 7.80. The third-order valence-electron chi connectivity index (χ3n) is 1.24. The summed E-state index contributed by atoms with van der Waals surface area (Å²) in [5.74, 6) is -0.217. The summed E-state index contributed by atoms with van der Waals surface area (Å²) in [6.07, 6.45) is -0.0597. The zero-order chi connectivity index (χ0) is 9.14. The smallest absolute Gasteiger partial charge is 0.313 e. The van der Waals surface area contributed by atoms with Gasteiger partial charge in [0.05, 0.1) is 7.11 Å². The van der Waals surface area contributed by atoms with Gasteiger partial charge in [-0.05, 0) is 15.9 Å². The number of halogens is 1. The molecule has 1 rings (SSSR count). The average molecular weight is 236 g/mol. The molecular formula is C6H6BrNO4. The largest absolute Gasteiger partial charge is 0.469 e. The molecule has 0 aromatic carbocycles. The fourth-order valence-corrected chi connectivity index (χ4v) is 0.943. The van der Waals surface area contributed by atoms with E-state index in [0.29, 0.717) is 0 Å². The van der Waals surface area contributed by atoms with Gasteiger partial charge < -0.3 is 9.26 Å². The van der Waals surface area contributed by atoms with Crippen molar-refractivity contribution in [3.05, 3.63) is 20.6 Å². The third kappa shape index (κ3) is 1.76.